The first-order valence-corrected chi connectivity index (χ1v) is 4.82. The monoisotopic (exact) mass is 242 g/mol. The van der Waals surface area contributed by atoms with Crippen LogP contribution in [0.4, 0.5) is 5.69 Å². The topological polar surface area (TPSA) is 83.6 Å². The lowest BCUT2D eigenvalue weighted by molar-refractivity contribution is -0.135. The second kappa shape index (κ2) is 4.85. The van der Waals surface area contributed by atoms with Gasteiger partial charge in [0.25, 0.3) is 0 Å². The van der Waals surface area contributed by atoms with E-state index in [0.717, 1.165) is 0 Å². The molecule has 0 heterocycles. The van der Waals surface area contributed by atoms with Crippen LogP contribution in [-0.4, -0.2) is 30.6 Å². The summed E-state index contributed by atoms with van der Waals surface area (Å²) in [7, 11) is 1.61. The number of carbonyl (C=O) groups excluding carboxylic acids is 1. The van der Waals surface area contributed by atoms with Crippen molar-refractivity contribution in [1.29, 1.82) is 0 Å². The van der Waals surface area contributed by atoms with Crippen molar-refractivity contribution in [3.63, 3.8) is 0 Å². The van der Waals surface area contributed by atoms with E-state index in [9.17, 15) is 9.59 Å². The molecular formula is C10H11ClN2O3. The number of benzene rings is 1. The van der Waals surface area contributed by atoms with Crippen molar-refractivity contribution in [2.24, 2.45) is 5.73 Å². The molecule has 1 amide bonds. The predicted molar refractivity (Wildman–Crippen MR) is 60.9 cm³/mol. The Kier molecular flexibility index (Phi) is 3.73. The van der Waals surface area contributed by atoms with Crippen LogP contribution in [0.1, 0.15) is 10.4 Å². The van der Waals surface area contributed by atoms with Gasteiger partial charge in [-0.15, -0.1) is 0 Å². The zero-order valence-electron chi connectivity index (χ0n) is 8.61. The van der Waals surface area contributed by atoms with E-state index in [1.165, 1.54) is 17.0 Å². The number of carbonyl (C=O) groups is 2. The molecule has 1 rings (SSSR count). The van der Waals surface area contributed by atoms with Gasteiger partial charge in [-0.05, 0) is 18.2 Å². The molecule has 0 saturated heterocycles. The first kappa shape index (κ1) is 12.3. The van der Waals surface area contributed by atoms with E-state index in [1.807, 2.05) is 0 Å². The van der Waals surface area contributed by atoms with E-state index < -0.39 is 11.9 Å². The smallest absolute Gasteiger partial charge is 0.323 e. The summed E-state index contributed by atoms with van der Waals surface area (Å²) in [4.78, 5) is 22.9. The number of anilines is 1. The quantitative estimate of drug-likeness (QED) is 0.824. The van der Waals surface area contributed by atoms with Crippen LogP contribution < -0.4 is 10.6 Å². The third kappa shape index (κ3) is 2.87. The molecule has 0 bridgehead atoms. The van der Waals surface area contributed by atoms with Gasteiger partial charge in [-0.25, -0.2) is 0 Å². The Hall–Kier alpha value is -1.75. The zero-order chi connectivity index (χ0) is 12.3. The first-order valence-electron chi connectivity index (χ1n) is 4.44. The minimum Gasteiger partial charge on any atom is -0.480 e. The fourth-order valence-corrected chi connectivity index (χ4v) is 1.50. The highest BCUT2D eigenvalue weighted by molar-refractivity contribution is 6.34. The minimum atomic E-state index is -0.947. The number of carboxylic acid groups (broad SMARTS) is 1. The lowest BCUT2D eigenvalue weighted by Crippen LogP contribution is -2.25. The molecule has 0 aliphatic heterocycles. The summed E-state index contributed by atoms with van der Waals surface area (Å²) < 4.78 is 0. The standard InChI is InChI=1S/C10H11ClN2O3/c1-13(5-9(14)15)6-2-3-7(10(12)16)8(11)4-6/h2-4H,5H2,1H3,(H2,12,16)(H,14,15). The average molecular weight is 243 g/mol. The van der Waals surface area contributed by atoms with Crippen molar-refractivity contribution >= 4 is 29.2 Å². The largest absolute Gasteiger partial charge is 0.480 e. The molecule has 1 aromatic carbocycles. The third-order valence-electron chi connectivity index (χ3n) is 2.03. The zero-order valence-corrected chi connectivity index (χ0v) is 9.36. The number of rotatable bonds is 4. The molecule has 0 radical (unpaired) electrons. The van der Waals surface area contributed by atoms with E-state index in [4.69, 9.17) is 22.4 Å². The molecule has 0 fully saturated rings. The lowest BCUT2D eigenvalue weighted by Gasteiger charge is -2.17. The number of halogens is 1. The lowest BCUT2D eigenvalue weighted by atomic mass is 10.2. The fourth-order valence-electron chi connectivity index (χ4n) is 1.24. The van der Waals surface area contributed by atoms with Crippen LogP contribution in [0.3, 0.4) is 0 Å². The molecule has 1 aromatic rings. The molecule has 0 atom stereocenters. The summed E-state index contributed by atoms with van der Waals surface area (Å²) in [5, 5.41) is 8.82. The van der Waals surface area contributed by atoms with Gasteiger partial charge in [0.05, 0.1) is 10.6 Å². The second-order valence-electron chi connectivity index (χ2n) is 3.28. The number of amides is 1. The van der Waals surface area contributed by atoms with E-state index in [-0.39, 0.29) is 17.1 Å². The van der Waals surface area contributed by atoms with Gasteiger partial charge in [0.2, 0.25) is 5.91 Å². The van der Waals surface area contributed by atoms with Crippen molar-refractivity contribution in [2.75, 3.05) is 18.5 Å². The van der Waals surface area contributed by atoms with E-state index >= 15 is 0 Å². The number of aliphatic carboxylic acids is 1. The van der Waals surface area contributed by atoms with Gasteiger partial charge in [-0.2, -0.15) is 0 Å². The second-order valence-corrected chi connectivity index (χ2v) is 3.69. The summed E-state index contributed by atoms with van der Waals surface area (Å²) in [5.74, 6) is -1.56. The first-order chi connectivity index (χ1) is 7.41. The number of primary amides is 1. The summed E-state index contributed by atoms with van der Waals surface area (Å²) >= 11 is 5.83. The van der Waals surface area contributed by atoms with Gasteiger partial charge in [0.1, 0.15) is 6.54 Å². The number of likely N-dealkylation sites (N-methyl/N-ethyl adjacent to an activating group) is 1. The maximum Gasteiger partial charge on any atom is 0.323 e. The summed E-state index contributed by atoms with van der Waals surface area (Å²) in [5.41, 5.74) is 5.92. The van der Waals surface area contributed by atoms with Crippen LogP contribution in [-0.2, 0) is 4.79 Å². The Morgan fingerprint density at radius 3 is 2.56 bits per heavy atom. The predicted octanol–water partition coefficient (Wildman–Crippen LogP) is 0.960. The van der Waals surface area contributed by atoms with Gasteiger partial charge in [0.15, 0.2) is 0 Å². The summed E-state index contributed by atoms with van der Waals surface area (Å²) in [6, 6.07) is 4.57. The van der Waals surface area contributed by atoms with Crippen LogP contribution in [0, 0.1) is 0 Å². The van der Waals surface area contributed by atoms with Crippen LogP contribution in [0.15, 0.2) is 18.2 Å². The van der Waals surface area contributed by atoms with Crippen molar-refractivity contribution in [2.45, 2.75) is 0 Å². The number of carboxylic acids is 1. The SMILES string of the molecule is CN(CC(=O)O)c1ccc(C(N)=O)c(Cl)c1. The molecule has 0 aromatic heterocycles. The van der Waals surface area contributed by atoms with Crippen molar-refractivity contribution < 1.29 is 14.7 Å². The Labute approximate surface area is 97.4 Å². The highest BCUT2D eigenvalue weighted by Gasteiger charge is 2.10. The van der Waals surface area contributed by atoms with E-state index in [2.05, 4.69) is 0 Å². The molecule has 0 unspecified atom stereocenters. The Bertz CT molecular complexity index is 434. The van der Waals surface area contributed by atoms with Crippen LogP contribution in [0.5, 0.6) is 0 Å². The Balaban J connectivity index is 2.96. The van der Waals surface area contributed by atoms with E-state index in [0.29, 0.717) is 5.69 Å². The molecule has 6 heteroatoms. The number of nitrogens with zero attached hydrogens (tertiary/aromatic N) is 1. The van der Waals surface area contributed by atoms with Crippen molar-refractivity contribution in [1.82, 2.24) is 0 Å². The van der Waals surface area contributed by atoms with Crippen molar-refractivity contribution in [3.05, 3.63) is 28.8 Å². The Morgan fingerprint density at radius 2 is 2.12 bits per heavy atom. The maximum absolute atomic E-state index is 10.9. The highest BCUT2D eigenvalue weighted by atomic mass is 35.5. The molecule has 0 saturated carbocycles. The summed E-state index contributed by atoms with van der Waals surface area (Å²) in [6.45, 7) is -0.147. The molecule has 0 aliphatic carbocycles. The van der Waals surface area contributed by atoms with E-state index in [1.54, 1.807) is 13.1 Å². The number of hydrogen-bond donors (Lipinski definition) is 2. The summed E-state index contributed by atoms with van der Waals surface area (Å²) in [6.07, 6.45) is 0. The number of hydrogen-bond acceptors (Lipinski definition) is 3. The normalized spacial score (nSPS) is 9.88. The number of nitrogens with two attached hydrogens (primary N) is 1. The Morgan fingerprint density at radius 1 is 1.50 bits per heavy atom. The molecule has 3 N–H and O–H groups in total. The van der Waals surface area contributed by atoms with Gasteiger partial charge < -0.3 is 15.7 Å². The molecule has 0 spiro atoms. The van der Waals surface area contributed by atoms with Gasteiger partial charge in [-0.1, -0.05) is 11.6 Å². The molecular weight excluding hydrogens is 232 g/mol. The minimum absolute atomic E-state index is 0.147. The van der Waals surface area contributed by atoms with Crippen LogP contribution in [0.2, 0.25) is 5.02 Å². The highest BCUT2D eigenvalue weighted by Crippen LogP contribution is 2.22. The molecule has 86 valence electrons. The van der Waals surface area contributed by atoms with Gasteiger partial charge in [-0.3, -0.25) is 9.59 Å². The third-order valence-corrected chi connectivity index (χ3v) is 2.34. The fraction of sp³-hybridized carbons (Fsp3) is 0.200. The maximum atomic E-state index is 10.9. The average Bonchev–Trinajstić information content (AvgIpc) is 2.15. The van der Waals surface area contributed by atoms with Crippen molar-refractivity contribution in [3.8, 4) is 0 Å². The molecule has 16 heavy (non-hydrogen) atoms. The van der Waals surface area contributed by atoms with Gasteiger partial charge >= 0.3 is 5.97 Å². The molecule has 5 nitrogen and oxygen atoms in total. The van der Waals surface area contributed by atoms with Gasteiger partial charge in [0, 0.05) is 12.7 Å². The molecule has 0 aliphatic rings. The van der Waals surface area contributed by atoms with Crippen LogP contribution >= 0.6 is 11.6 Å². The van der Waals surface area contributed by atoms with Crippen LogP contribution in [0.25, 0.3) is 0 Å².